The molecule has 5 rings (SSSR count). The first-order valence-corrected chi connectivity index (χ1v) is 13.7. The van der Waals surface area contributed by atoms with Crippen LogP contribution in [0.1, 0.15) is 64.1 Å². The van der Waals surface area contributed by atoms with Gasteiger partial charge in [0.25, 0.3) is 0 Å². The Balaban J connectivity index is 0.000000786. The second kappa shape index (κ2) is 12.3. The van der Waals surface area contributed by atoms with E-state index in [-0.39, 0.29) is 18.4 Å². The minimum Gasteiger partial charge on any atom is -0.350 e. The number of nitrogens with zero attached hydrogens (tertiary/aromatic N) is 5. The van der Waals surface area contributed by atoms with E-state index in [1.807, 2.05) is 6.92 Å². The number of hydrogen-bond acceptors (Lipinski definition) is 5. The second-order valence-electron chi connectivity index (χ2n) is 10.5. The van der Waals surface area contributed by atoms with Gasteiger partial charge in [-0.15, -0.1) is 5.10 Å². The molecule has 6 nitrogen and oxygen atoms in total. The van der Waals surface area contributed by atoms with Crippen molar-refractivity contribution in [3.05, 3.63) is 41.2 Å². The number of anilines is 1. The lowest BCUT2D eigenvalue weighted by atomic mass is 9.86. The fraction of sp³-hybridized carbons (Fsp3) is 0.552. The van der Waals surface area contributed by atoms with Gasteiger partial charge >= 0.3 is 0 Å². The van der Waals surface area contributed by atoms with Crippen LogP contribution < -0.4 is 5.32 Å². The van der Waals surface area contributed by atoms with Crippen LogP contribution in [0.3, 0.4) is 0 Å². The number of aromatic nitrogens is 3. The van der Waals surface area contributed by atoms with E-state index >= 15 is 4.39 Å². The second-order valence-corrected chi connectivity index (χ2v) is 10.5. The molecule has 38 heavy (non-hydrogen) atoms. The number of fused-ring (bicyclic) bond motifs is 1. The number of rotatable bonds is 6. The van der Waals surface area contributed by atoms with Gasteiger partial charge in [0.05, 0.1) is 24.1 Å². The molecule has 1 N–H and O–H groups in total. The SMILES string of the molecule is CC=Nc1c(C)cc(-c2c(F)cn3nc(NC4CCN(C5CCC5)CC4C)nc(C)c23)cc1F.CCCF. The van der Waals surface area contributed by atoms with Crippen molar-refractivity contribution in [1.29, 1.82) is 0 Å². The topological polar surface area (TPSA) is 57.8 Å². The fourth-order valence-corrected chi connectivity index (χ4v) is 5.38. The Bertz CT molecular complexity index is 1260. The zero-order chi connectivity index (χ0) is 27.4. The average Bonchev–Trinajstić information content (AvgIpc) is 3.18. The molecular weight excluding hydrogens is 489 g/mol. The molecule has 2 aromatic heterocycles. The molecule has 2 atom stereocenters. The zero-order valence-electron chi connectivity index (χ0n) is 23.1. The van der Waals surface area contributed by atoms with Crippen molar-refractivity contribution in [2.45, 2.75) is 78.8 Å². The average molecular weight is 529 g/mol. The van der Waals surface area contributed by atoms with E-state index in [4.69, 9.17) is 0 Å². The van der Waals surface area contributed by atoms with Crippen LogP contribution in [0.4, 0.5) is 24.8 Å². The van der Waals surface area contributed by atoms with E-state index in [2.05, 4.69) is 32.2 Å². The van der Waals surface area contributed by atoms with Gasteiger partial charge in [0.1, 0.15) is 11.5 Å². The molecule has 2 fully saturated rings. The Hall–Kier alpha value is -2.94. The lowest BCUT2D eigenvalue weighted by molar-refractivity contribution is 0.0758. The van der Waals surface area contributed by atoms with Crippen LogP contribution >= 0.6 is 0 Å². The minimum absolute atomic E-state index is 0.181. The summed E-state index contributed by atoms with van der Waals surface area (Å²) in [6, 6.07) is 4.12. The van der Waals surface area contributed by atoms with Crippen LogP contribution in [0, 0.1) is 31.4 Å². The Labute approximate surface area is 223 Å². The van der Waals surface area contributed by atoms with Gasteiger partial charge in [-0.25, -0.2) is 18.3 Å². The fourth-order valence-electron chi connectivity index (χ4n) is 5.38. The van der Waals surface area contributed by atoms with Gasteiger partial charge in [0.15, 0.2) is 5.82 Å². The summed E-state index contributed by atoms with van der Waals surface area (Å²) in [4.78, 5) is 11.4. The Morgan fingerprint density at radius 3 is 2.47 bits per heavy atom. The maximum Gasteiger partial charge on any atom is 0.241 e. The van der Waals surface area contributed by atoms with Crippen LogP contribution in [0.15, 0.2) is 23.3 Å². The maximum atomic E-state index is 15.1. The standard InChI is InChI=1S/C26H32F2N6.C3H7F/c1-5-29-24-15(2)11-18(12-20(24)27)23-21(28)14-34-25(23)17(4)30-26(32-34)31-22-9-10-33(13-16(22)3)19-7-6-8-19;1-2-3-4/h5,11-12,14,16,19,22H,6-10,13H2,1-4H3,(H,31,32);2-3H2,1H3. The van der Waals surface area contributed by atoms with Gasteiger partial charge in [0, 0.05) is 37.0 Å². The molecule has 1 saturated carbocycles. The van der Waals surface area contributed by atoms with Gasteiger partial charge < -0.3 is 5.32 Å². The third kappa shape index (κ3) is 5.87. The van der Waals surface area contributed by atoms with Crippen molar-refractivity contribution in [2.24, 2.45) is 10.9 Å². The molecular formula is C29H39F3N6. The molecule has 9 heteroatoms. The summed E-state index contributed by atoms with van der Waals surface area (Å²) >= 11 is 0. The van der Waals surface area contributed by atoms with E-state index in [0.29, 0.717) is 46.2 Å². The minimum atomic E-state index is -0.481. The third-order valence-electron chi connectivity index (χ3n) is 7.59. The van der Waals surface area contributed by atoms with Crippen molar-refractivity contribution in [1.82, 2.24) is 19.5 Å². The van der Waals surface area contributed by atoms with E-state index in [0.717, 1.165) is 25.6 Å². The Morgan fingerprint density at radius 1 is 1.16 bits per heavy atom. The predicted molar refractivity (Wildman–Crippen MR) is 148 cm³/mol. The van der Waals surface area contributed by atoms with Crippen LogP contribution in [0.5, 0.6) is 0 Å². The number of likely N-dealkylation sites (tertiary alicyclic amines) is 1. The number of aliphatic imine (C=N–C) groups is 1. The van der Waals surface area contributed by atoms with Crippen molar-refractivity contribution in [3.8, 4) is 11.1 Å². The number of halogens is 3. The molecule has 0 spiro atoms. The molecule has 0 amide bonds. The van der Waals surface area contributed by atoms with Gasteiger partial charge in [0.2, 0.25) is 5.95 Å². The monoisotopic (exact) mass is 528 g/mol. The third-order valence-corrected chi connectivity index (χ3v) is 7.59. The number of benzene rings is 1. The van der Waals surface area contributed by atoms with Crippen molar-refractivity contribution < 1.29 is 13.2 Å². The number of alkyl halides is 1. The van der Waals surface area contributed by atoms with E-state index in [9.17, 15) is 8.78 Å². The highest BCUT2D eigenvalue weighted by Gasteiger charge is 2.33. The highest BCUT2D eigenvalue weighted by molar-refractivity contribution is 5.84. The molecule has 2 unspecified atom stereocenters. The Kier molecular flexibility index (Phi) is 9.07. The van der Waals surface area contributed by atoms with Crippen LogP contribution in [0.25, 0.3) is 16.6 Å². The summed E-state index contributed by atoms with van der Waals surface area (Å²) < 4.78 is 42.1. The molecule has 1 saturated heterocycles. The number of hydrogen-bond donors (Lipinski definition) is 1. The van der Waals surface area contributed by atoms with Crippen LogP contribution in [-0.2, 0) is 0 Å². The summed E-state index contributed by atoms with van der Waals surface area (Å²) in [6.45, 7) is 11.4. The van der Waals surface area contributed by atoms with Gasteiger partial charge in [-0.05, 0) is 75.6 Å². The van der Waals surface area contributed by atoms with Crippen molar-refractivity contribution in [3.63, 3.8) is 0 Å². The first-order chi connectivity index (χ1) is 18.3. The normalized spacial score (nSPS) is 20.4. The number of nitrogens with one attached hydrogen (secondary N) is 1. The molecule has 3 aromatic rings. The molecule has 1 aliphatic carbocycles. The van der Waals surface area contributed by atoms with Gasteiger partial charge in [-0.2, -0.15) is 0 Å². The lowest BCUT2D eigenvalue weighted by Gasteiger charge is -2.44. The molecule has 2 aliphatic rings. The van der Waals surface area contributed by atoms with Gasteiger partial charge in [-0.1, -0.05) is 20.3 Å². The quantitative estimate of drug-likeness (QED) is 0.348. The van der Waals surface area contributed by atoms with Crippen molar-refractivity contribution >= 4 is 23.4 Å². The number of piperidine rings is 1. The van der Waals surface area contributed by atoms with Crippen molar-refractivity contribution in [2.75, 3.05) is 25.1 Å². The van der Waals surface area contributed by atoms with E-state index < -0.39 is 11.6 Å². The Morgan fingerprint density at radius 2 is 1.89 bits per heavy atom. The summed E-state index contributed by atoms with van der Waals surface area (Å²) in [6.07, 6.45) is 8.58. The summed E-state index contributed by atoms with van der Waals surface area (Å²) in [7, 11) is 0. The lowest BCUT2D eigenvalue weighted by Crippen LogP contribution is -2.51. The highest BCUT2D eigenvalue weighted by atomic mass is 19.1. The number of aryl methyl sites for hydroxylation is 2. The van der Waals surface area contributed by atoms with E-state index in [1.54, 1.807) is 33.1 Å². The molecule has 0 bridgehead atoms. The highest BCUT2D eigenvalue weighted by Crippen LogP contribution is 2.35. The zero-order valence-corrected chi connectivity index (χ0v) is 23.1. The summed E-state index contributed by atoms with van der Waals surface area (Å²) in [5, 5.41) is 8.07. The summed E-state index contributed by atoms with van der Waals surface area (Å²) in [5.41, 5.74) is 2.86. The molecule has 1 aromatic carbocycles. The van der Waals surface area contributed by atoms with Crippen LogP contribution in [-0.4, -0.2) is 57.6 Å². The largest absolute Gasteiger partial charge is 0.350 e. The smallest absolute Gasteiger partial charge is 0.241 e. The molecule has 0 radical (unpaired) electrons. The molecule has 1 aliphatic heterocycles. The molecule has 206 valence electrons. The molecule has 3 heterocycles. The van der Waals surface area contributed by atoms with E-state index in [1.165, 1.54) is 36.0 Å². The predicted octanol–water partition coefficient (Wildman–Crippen LogP) is 7.05. The van der Waals surface area contributed by atoms with Crippen LogP contribution in [0.2, 0.25) is 0 Å². The summed E-state index contributed by atoms with van der Waals surface area (Å²) in [5.74, 6) is 0.0323. The first-order valence-electron chi connectivity index (χ1n) is 13.7. The van der Waals surface area contributed by atoms with Gasteiger partial charge in [-0.3, -0.25) is 14.3 Å². The first kappa shape index (κ1) is 28.1. The maximum absolute atomic E-state index is 15.1.